The molecule has 1 saturated heterocycles. The van der Waals surface area contributed by atoms with E-state index >= 15 is 0 Å². The van der Waals surface area contributed by atoms with Crippen molar-refractivity contribution in [2.45, 2.75) is 19.4 Å². The maximum absolute atomic E-state index is 13.1. The van der Waals surface area contributed by atoms with Crippen molar-refractivity contribution in [3.8, 4) is 0 Å². The molecule has 1 fully saturated rings. The highest BCUT2D eigenvalue weighted by Gasteiger charge is 2.11. The van der Waals surface area contributed by atoms with Crippen molar-refractivity contribution in [3.63, 3.8) is 0 Å². The van der Waals surface area contributed by atoms with Crippen LogP contribution in [0.25, 0.3) is 0 Å². The van der Waals surface area contributed by atoms with Crippen LogP contribution >= 0.6 is 0 Å². The maximum atomic E-state index is 13.1. The molecule has 1 aromatic rings. The smallest absolute Gasteiger partial charge is 0.126 e. The number of hydrogen-bond acceptors (Lipinski definition) is 3. The van der Waals surface area contributed by atoms with Crippen LogP contribution in [0.5, 0.6) is 0 Å². The van der Waals surface area contributed by atoms with Gasteiger partial charge in [-0.25, -0.2) is 4.39 Å². The molecular formula is C13H19FN2O. The second kappa shape index (κ2) is 5.98. The average Bonchev–Trinajstić information content (AvgIpc) is 2.35. The van der Waals surface area contributed by atoms with E-state index in [1.807, 2.05) is 6.07 Å². The Kier molecular flexibility index (Phi) is 4.34. The topological polar surface area (TPSA) is 33.3 Å². The molecule has 1 aliphatic rings. The highest BCUT2D eigenvalue weighted by Crippen LogP contribution is 2.13. The second-order valence-corrected chi connectivity index (χ2v) is 4.41. The summed E-state index contributed by atoms with van der Waals surface area (Å²) in [6.07, 6.45) is 1.01. The quantitative estimate of drug-likeness (QED) is 0.841. The summed E-state index contributed by atoms with van der Waals surface area (Å²) in [5.74, 6) is -0.155. The van der Waals surface area contributed by atoms with Gasteiger partial charge in [0.15, 0.2) is 0 Å². The van der Waals surface area contributed by atoms with E-state index in [1.165, 1.54) is 6.07 Å². The lowest BCUT2D eigenvalue weighted by Crippen LogP contribution is -2.42. The summed E-state index contributed by atoms with van der Waals surface area (Å²) in [4.78, 5) is 0. The molecule has 3 nitrogen and oxygen atoms in total. The molecule has 1 heterocycles. The molecule has 2 N–H and O–H groups in total. The molecule has 0 amide bonds. The number of benzene rings is 1. The zero-order chi connectivity index (χ0) is 12.1. The zero-order valence-electron chi connectivity index (χ0n) is 10.1. The van der Waals surface area contributed by atoms with Crippen LogP contribution in [0.15, 0.2) is 18.2 Å². The van der Waals surface area contributed by atoms with Gasteiger partial charge in [0.05, 0.1) is 13.2 Å². The summed E-state index contributed by atoms with van der Waals surface area (Å²) < 4.78 is 18.4. The van der Waals surface area contributed by atoms with Gasteiger partial charge in [-0.3, -0.25) is 0 Å². The van der Waals surface area contributed by atoms with Crippen molar-refractivity contribution in [3.05, 3.63) is 29.6 Å². The van der Waals surface area contributed by atoms with Crippen LogP contribution in [-0.2, 0) is 4.74 Å². The lowest BCUT2D eigenvalue weighted by molar-refractivity contribution is 0.0753. The molecule has 0 radical (unpaired) electrons. The van der Waals surface area contributed by atoms with Gasteiger partial charge in [0.2, 0.25) is 0 Å². The van der Waals surface area contributed by atoms with E-state index in [1.54, 1.807) is 13.0 Å². The standard InChI is InChI=1S/C13H19FN2O/c1-10-8-11(2-3-13(10)14)15-5-4-12-9-17-7-6-16-12/h2-3,8,12,15-16H,4-7,9H2,1H3. The van der Waals surface area contributed by atoms with E-state index < -0.39 is 0 Å². The molecule has 94 valence electrons. The van der Waals surface area contributed by atoms with Gasteiger partial charge in [-0.05, 0) is 37.1 Å². The first-order chi connectivity index (χ1) is 8.25. The van der Waals surface area contributed by atoms with Crippen molar-refractivity contribution in [2.75, 3.05) is 31.6 Å². The summed E-state index contributed by atoms with van der Waals surface area (Å²) in [5, 5.41) is 6.70. The fourth-order valence-corrected chi connectivity index (χ4v) is 1.95. The first-order valence-electron chi connectivity index (χ1n) is 6.07. The summed E-state index contributed by atoms with van der Waals surface area (Å²) in [6, 6.07) is 5.53. The van der Waals surface area contributed by atoms with Crippen molar-refractivity contribution in [1.29, 1.82) is 0 Å². The lowest BCUT2D eigenvalue weighted by Gasteiger charge is -2.23. The molecular weight excluding hydrogens is 219 g/mol. The minimum Gasteiger partial charge on any atom is -0.385 e. The summed E-state index contributed by atoms with van der Waals surface area (Å²) in [7, 11) is 0. The Balaban J connectivity index is 1.75. The number of ether oxygens (including phenoxy) is 1. The van der Waals surface area contributed by atoms with Gasteiger partial charge in [0, 0.05) is 24.8 Å². The highest BCUT2D eigenvalue weighted by atomic mass is 19.1. The van der Waals surface area contributed by atoms with Crippen LogP contribution in [0.1, 0.15) is 12.0 Å². The number of hydrogen-bond donors (Lipinski definition) is 2. The molecule has 17 heavy (non-hydrogen) atoms. The molecule has 4 heteroatoms. The fourth-order valence-electron chi connectivity index (χ4n) is 1.95. The first-order valence-corrected chi connectivity index (χ1v) is 6.07. The van der Waals surface area contributed by atoms with Crippen molar-refractivity contribution >= 4 is 5.69 Å². The molecule has 0 saturated carbocycles. The SMILES string of the molecule is Cc1cc(NCCC2COCCN2)ccc1F. The van der Waals surface area contributed by atoms with E-state index in [-0.39, 0.29) is 5.82 Å². The number of morpholine rings is 1. The Labute approximate surface area is 101 Å². The zero-order valence-corrected chi connectivity index (χ0v) is 10.1. The summed E-state index contributed by atoms with van der Waals surface area (Å²) in [5.41, 5.74) is 1.65. The number of halogens is 1. The summed E-state index contributed by atoms with van der Waals surface area (Å²) in [6.45, 7) is 5.16. The number of rotatable bonds is 4. The maximum Gasteiger partial charge on any atom is 0.126 e. The Morgan fingerprint density at radius 1 is 1.53 bits per heavy atom. The average molecular weight is 238 g/mol. The van der Waals surface area contributed by atoms with Crippen molar-refractivity contribution < 1.29 is 9.13 Å². The Morgan fingerprint density at radius 2 is 2.41 bits per heavy atom. The van der Waals surface area contributed by atoms with Crippen LogP contribution in [0.3, 0.4) is 0 Å². The Bertz CT molecular complexity index is 364. The van der Waals surface area contributed by atoms with E-state index in [9.17, 15) is 4.39 Å². The largest absolute Gasteiger partial charge is 0.385 e. The van der Waals surface area contributed by atoms with Gasteiger partial charge < -0.3 is 15.4 Å². The van der Waals surface area contributed by atoms with Gasteiger partial charge in [0.1, 0.15) is 5.82 Å². The Hall–Kier alpha value is -1.13. The highest BCUT2D eigenvalue weighted by molar-refractivity contribution is 5.45. The van der Waals surface area contributed by atoms with Crippen LogP contribution in [0, 0.1) is 12.7 Å². The van der Waals surface area contributed by atoms with E-state index in [2.05, 4.69) is 10.6 Å². The van der Waals surface area contributed by atoms with E-state index in [0.29, 0.717) is 11.6 Å². The molecule has 0 bridgehead atoms. The van der Waals surface area contributed by atoms with Gasteiger partial charge >= 0.3 is 0 Å². The fraction of sp³-hybridized carbons (Fsp3) is 0.538. The van der Waals surface area contributed by atoms with E-state index in [4.69, 9.17) is 4.74 Å². The molecule has 0 spiro atoms. The number of aryl methyl sites for hydroxylation is 1. The predicted octanol–water partition coefficient (Wildman–Crippen LogP) is 1.92. The molecule has 1 atom stereocenters. The third-order valence-electron chi connectivity index (χ3n) is 2.98. The van der Waals surface area contributed by atoms with Gasteiger partial charge in [-0.1, -0.05) is 0 Å². The third-order valence-corrected chi connectivity index (χ3v) is 2.98. The second-order valence-electron chi connectivity index (χ2n) is 4.41. The van der Waals surface area contributed by atoms with Crippen LogP contribution < -0.4 is 10.6 Å². The lowest BCUT2D eigenvalue weighted by atomic mass is 10.2. The monoisotopic (exact) mass is 238 g/mol. The normalized spacial score (nSPS) is 20.2. The van der Waals surface area contributed by atoms with Crippen molar-refractivity contribution in [2.24, 2.45) is 0 Å². The van der Waals surface area contributed by atoms with Gasteiger partial charge in [-0.15, -0.1) is 0 Å². The summed E-state index contributed by atoms with van der Waals surface area (Å²) >= 11 is 0. The minimum atomic E-state index is -0.155. The number of anilines is 1. The first kappa shape index (κ1) is 12.3. The molecule has 0 aromatic heterocycles. The molecule has 1 aliphatic heterocycles. The molecule has 0 aliphatic carbocycles. The van der Waals surface area contributed by atoms with E-state index in [0.717, 1.165) is 38.4 Å². The molecule has 2 rings (SSSR count). The van der Waals surface area contributed by atoms with Crippen molar-refractivity contribution in [1.82, 2.24) is 5.32 Å². The Morgan fingerprint density at radius 3 is 3.12 bits per heavy atom. The minimum absolute atomic E-state index is 0.155. The number of nitrogens with one attached hydrogen (secondary N) is 2. The van der Waals surface area contributed by atoms with Gasteiger partial charge in [0.25, 0.3) is 0 Å². The van der Waals surface area contributed by atoms with Crippen LogP contribution in [0.2, 0.25) is 0 Å². The van der Waals surface area contributed by atoms with Crippen LogP contribution in [-0.4, -0.2) is 32.3 Å². The van der Waals surface area contributed by atoms with Gasteiger partial charge in [-0.2, -0.15) is 0 Å². The molecule has 1 aromatic carbocycles. The predicted molar refractivity (Wildman–Crippen MR) is 66.9 cm³/mol. The molecule has 1 unspecified atom stereocenters. The van der Waals surface area contributed by atoms with Crippen LogP contribution in [0.4, 0.5) is 10.1 Å². The third kappa shape index (κ3) is 3.68.